The number of hydrogen-bond donors (Lipinski definition) is 1. The van der Waals surface area contributed by atoms with Crippen molar-refractivity contribution in [2.24, 2.45) is 0 Å². The van der Waals surface area contributed by atoms with Crippen molar-refractivity contribution >= 4 is 17.2 Å². The predicted octanol–water partition coefficient (Wildman–Crippen LogP) is 2.93. The molecule has 5 heteroatoms. The van der Waals surface area contributed by atoms with Crippen molar-refractivity contribution in [3.63, 3.8) is 0 Å². The van der Waals surface area contributed by atoms with Gasteiger partial charge in [0.05, 0.1) is 5.69 Å². The molecule has 0 fully saturated rings. The lowest BCUT2D eigenvalue weighted by Gasteiger charge is -2.17. The first-order valence-electron chi connectivity index (χ1n) is 7.00. The Labute approximate surface area is 128 Å². The van der Waals surface area contributed by atoms with Gasteiger partial charge in [0.25, 0.3) is 5.91 Å². The Morgan fingerprint density at radius 1 is 1.18 bits per heavy atom. The summed E-state index contributed by atoms with van der Waals surface area (Å²) >= 11 is 0. The minimum absolute atomic E-state index is 0.138. The summed E-state index contributed by atoms with van der Waals surface area (Å²) in [6, 6.07) is 10.4. The fourth-order valence-electron chi connectivity index (χ4n) is 2.53. The molecule has 0 aliphatic heterocycles. The van der Waals surface area contributed by atoms with Crippen LogP contribution in [-0.2, 0) is 0 Å². The molecule has 112 valence electrons. The molecular formula is C17H17N3O2. The average molecular weight is 295 g/mol. The van der Waals surface area contributed by atoms with Gasteiger partial charge in [-0.2, -0.15) is 0 Å². The van der Waals surface area contributed by atoms with Crippen molar-refractivity contribution in [2.75, 3.05) is 11.9 Å². The van der Waals surface area contributed by atoms with Crippen molar-refractivity contribution < 1.29 is 9.90 Å². The number of aromatic hydroxyl groups is 1. The number of carbonyl (C=O) groups is 1. The van der Waals surface area contributed by atoms with E-state index in [2.05, 4.69) is 4.98 Å². The molecule has 1 amide bonds. The van der Waals surface area contributed by atoms with Gasteiger partial charge in [-0.05, 0) is 49.7 Å². The summed E-state index contributed by atoms with van der Waals surface area (Å²) in [5, 5.41) is 9.36. The third-order valence-electron chi connectivity index (χ3n) is 3.76. The summed E-state index contributed by atoms with van der Waals surface area (Å²) in [5.74, 6) is 0.0347. The number of rotatable bonds is 2. The monoisotopic (exact) mass is 295 g/mol. The third kappa shape index (κ3) is 2.20. The van der Waals surface area contributed by atoms with Crippen molar-refractivity contribution in [1.29, 1.82) is 0 Å². The maximum Gasteiger partial charge on any atom is 0.276 e. The van der Waals surface area contributed by atoms with Crippen LogP contribution in [0.1, 0.15) is 21.7 Å². The molecule has 2 heterocycles. The van der Waals surface area contributed by atoms with Crippen LogP contribution in [0.4, 0.5) is 5.69 Å². The number of aromatic nitrogens is 2. The molecule has 0 saturated heterocycles. The number of pyridine rings is 1. The van der Waals surface area contributed by atoms with Crippen LogP contribution in [0.3, 0.4) is 0 Å². The number of aryl methyl sites for hydroxylation is 2. The van der Waals surface area contributed by atoms with Crippen molar-refractivity contribution in [1.82, 2.24) is 9.38 Å². The zero-order chi connectivity index (χ0) is 15.9. The number of benzene rings is 1. The summed E-state index contributed by atoms with van der Waals surface area (Å²) in [5.41, 5.74) is 3.78. The first-order valence-corrected chi connectivity index (χ1v) is 7.00. The van der Waals surface area contributed by atoms with Crippen LogP contribution in [-0.4, -0.2) is 27.4 Å². The first-order chi connectivity index (χ1) is 10.5. The van der Waals surface area contributed by atoms with Gasteiger partial charge in [-0.1, -0.05) is 6.07 Å². The minimum Gasteiger partial charge on any atom is -0.508 e. The third-order valence-corrected chi connectivity index (χ3v) is 3.76. The quantitative estimate of drug-likeness (QED) is 0.791. The van der Waals surface area contributed by atoms with Gasteiger partial charge in [0.15, 0.2) is 0 Å². The van der Waals surface area contributed by atoms with Gasteiger partial charge < -0.3 is 10.0 Å². The summed E-state index contributed by atoms with van der Waals surface area (Å²) in [7, 11) is 1.71. The Balaban J connectivity index is 2.07. The van der Waals surface area contributed by atoms with Gasteiger partial charge in [-0.3, -0.25) is 9.20 Å². The van der Waals surface area contributed by atoms with Gasteiger partial charge in [0.2, 0.25) is 0 Å². The van der Waals surface area contributed by atoms with Crippen molar-refractivity contribution in [3.8, 4) is 5.75 Å². The van der Waals surface area contributed by atoms with Crippen LogP contribution >= 0.6 is 0 Å². The average Bonchev–Trinajstić information content (AvgIpc) is 2.84. The summed E-state index contributed by atoms with van der Waals surface area (Å²) < 4.78 is 1.82. The number of fused-ring (bicyclic) bond motifs is 1. The Hall–Kier alpha value is -2.82. The van der Waals surface area contributed by atoms with Crippen LogP contribution in [0.2, 0.25) is 0 Å². The topological polar surface area (TPSA) is 57.8 Å². The second kappa shape index (κ2) is 5.18. The Bertz CT molecular complexity index is 850. The molecule has 0 spiro atoms. The molecule has 0 aliphatic rings. The highest BCUT2D eigenvalue weighted by molar-refractivity contribution is 6.06. The van der Waals surface area contributed by atoms with E-state index in [-0.39, 0.29) is 11.7 Å². The van der Waals surface area contributed by atoms with E-state index in [0.29, 0.717) is 17.1 Å². The van der Waals surface area contributed by atoms with Gasteiger partial charge in [-0.25, -0.2) is 4.98 Å². The number of nitrogens with zero attached hydrogens (tertiary/aromatic N) is 3. The molecule has 3 rings (SSSR count). The lowest BCUT2D eigenvalue weighted by atomic mass is 10.2. The van der Waals surface area contributed by atoms with E-state index in [1.807, 2.05) is 36.6 Å². The molecule has 0 atom stereocenters. The Morgan fingerprint density at radius 3 is 2.55 bits per heavy atom. The molecule has 0 unspecified atom stereocenters. The molecule has 22 heavy (non-hydrogen) atoms. The lowest BCUT2D eigenvalue weighted by Crippen LogP contribution is -2.28. The number of anilines is 1. The zero-order valence-electron chi connectivity index (χ0n) is 12.7. The normalized spacial score (nSPS) is 10.9. The number of imidazole rings is 1. The molecule has 0 saturated carbocycles. The number of phenols is 1. The van der Waals surface area contributed by atoms with E-state index in [0.717, 1.165) is 11.2 Å². The number of amides is 1. The molecule has 1 N–H and O–H groups in total. The molecule has 0 aliphatic carbocycles. The summed E-state index contributed by atoms with van der Waals surface area (Å²) in [6.45, 7) is 3.81. The molecule has 1 aromatic carbocycles. The van der Waals surface area contributed by atoms with Crippen LogP contribution in [0.15, 0.2) is 42.6 Å². The molecule has 5 nitrogen and oxygen atoms in total. The van der Waals surface area contributed by atoms with Gasteiger partial charge in [-0.15, -0.1) is 0 Å². The Morgan fingerprint density at radius 2 is 1.86 bits per heavy atom. The zero-order valence-corrected chi connectivity index (χ0v) is 12.7. The molecule has 2 aromatic heterocycles. The number of hydrogen-bond acceptors (Lipinski definition) is 3. The van der Waals surface area contributed by atoms with Gasteiger partial charge in [0.1, 0.15) is 17.1 Å². The van der Waals surface area contributed by atoms with Crippen molar-refractivity contribution in [3.05, 3.63) is 59.5 Å². The predicted molar refractivity (Wildman–Crippen MR) is 85.5 cm³/mol. The summed E-state index contributed by atoms with van der Waals surface area (Å²) in [6.07, 6.45) is 1.85. The van der Waals surface area contributed by atoms with Gasteiger partial charge >= 0.3 is 0 Å². The maximum absolute atomic E-state index is 12.8. The molecule has 0 radical (unpaired) electrons. The first kappa shape index (κ1) is 14.1. The maximum atomic E-state index is 12.8. The van der Waals surface area contributed by atoms with E-state index in [9.17, 15) is 9.90 Å². The standard InChI is InChI=1S/C17H17N3O2/c1-11-5-4-10-20-15(12(2)18-16(11)20)17(22)19(3)13-6-8-14(21)9-7-13/h4-10,21H,1-3H3. The smallest absolute Gasteiger partial charge is 0.276 e. The minimum atomic E-state index is -0.138. The Kier molecular flexibility index (Phi) is 3.33. The molecule has 3 aromatic rings. The van der Waals surface area contributed by atoms with Crippen molar-refractivity contribution in [2.45, 2.75) is 13.8 Å². The van der Waals surface area contributed by atoms with E-state index in [1.54, 1.807) is 36.2 Å². The number of phenolic OH excluding ortho intramolecular Hbond substituents is 1. The van der Waals surface area contributed by atoms with Crippen LogP contribution in [0.25, 0.3) is 5.65 Å². The number of carbonyl (C=O) groups excluding carboxylic acids is 1. The van der Waals surface area contributed by atoms with Gasteiger partial charge in [0, 0.05) is 18.9 Å². The highest BCUT2D eigenvalue weighted by atomic mass is 16.3. The lowest BCUT2D eigenvalue weighted by molar-refractivity contribution is 0.0986. The van der Waals surface area contributed by atoms with Crippen LogP contribution in [0.5, 0.6) is 5.75 Å². The molecule has 0 bridgehead atoms. The van der Waals surface area contributed by atoms with E-state index < -0.39 is 0 Å². The SMILES string of the molecule is Cc1nc2c(C)cccn2c1C(=O)N(C)c1ccc(O)cc1. The van der Waals surface area contributed by atoms with Crippen LogP contribution < -0.4 is 4.90 Å². The highest BCUT2D eigenvalue weighted by Crippen LogP contribution is 2.22. The van der Waals surface area contributed by atoms with E-state index in [1.165, 1.54) is 0 Å². The second-order valence-electron chi connectivity index (χ2n) is 5.31. The largest absolute Gasteiger partial charge is 0.508 e. The molecular weight excluding hydrogens is 278 g/mol. The summed E-state index contributed by atoms with van der Waals surface area (Å²) in [4.78, 5) is 18.9. The van der Waals surface area contributed by atoms with E-state index >= 15 is 0 Å². The fourth-order valence-corrected chi connectivity index (χ4v) is 2.53. The second-order valence-corrected chi connectivity index (χ2v) is 5.31. The van der Waals surface area contributed by atoms with E-state index in [4.69, 9.17) is 0 Å². The fraction of sp³-hybridized carbons (Fsp3) is 0.176. The highest BCUT2D eigenvalue weighted by Gasteiger charge is 2.21. The van der Waals surface area contributed by atoms with Crippen LogP contribution in [0, 0.1) is 13.8 Å².